The van der Waals surface area contributed by atoms with E-state index in [2.05, 4.69) is 23.3 Å². The normalized spacial score (nSPS) is 16.8. The zero-order chi connectivity index (χ0) is 14.9. The van der Waals surface area contributed by atoms with Crippen molar-refractivity contribution >= 4 is 46.1 Å². The lowest BCUT2D eigenvalue weighted by atomic mass is 9.90. The Morgan fingerprint density at radius 2 is 2.14 bits per heavy atom. The van der Waals surface area contributed by atoms with Gasteiger partial charge in [-0.1, -0.05) is 0 Å². The maximum absolute atomic E-state index is 12.3. The van der Waals surface area contributed by atoms with Crippen LogP contribution in [0.2, 0.25) is 0 Å². The van der Waals surface area contributed by atoms with Crippen LogP contribution in [0.3, 0.4) is 0 Å². The molecule has 22 heavy (non-hydrogen) atoms. The number of nitrogens with one attached hydrogen (secondary N) is 1. The molecule has 1 amide bonds. The van der Waals surface area contributed by atoms with Crippen molar-refractivity contribution in [2.75, 3.05) is 18.5 Å². The highest BCUT2D eigenvalue weighted by Gasteiger charge is 2.36. The predicted molar refractivity (Wildman–Crippen MR) is 93.0 cm³/mol. The standard InChI is InChI=1S/C14H17N3O2S2.ClH/c1-9-2-3-11(21-9)10-8-20-13(16-10)17-12(18)14(15)4-6-19-7-5-14;/h2-3,8H,4-7,15H2,1H3,(H,16,17,18);1H. The number of aryl methyl sites for hydroxylation is 1. The molecule has 1 fully saturated rings. The van der Waals surface area contributed by atoms with Gasteiger partial charge in [0, 0.05) is 23.5 Å². The van der Waals surface area contributed by atoms with Gasteiger partial charge >= 0.3 is 0 Å². The fourth-order valence-electron chi connectivity index (χ4n) is 2.20. The van der Waals surface area contributed by atoms with Crippen LogP contribution in [0.4, 0.5) is 5.13 Å². The van der Waals surface area contributed by atoms with Crippen molar-refractivity contribution in [1.29, 1.82) is 0 Å². The molecule has 3 N–H and O–H groups in total. The van der Waals surface area contributed by atoms with Gasteiger partial charge in [0.1, 0.15) is 5.54 Å². The monoisotopic (exact) mass is 359 g/mol. The van der Waals surface area contributed by atoms with Gasteiger partial charge in [0.05, 0.1) is 10.6 Å². The van der Waals surface area contributed by atoms with Gasteiger partial charge in [-0.05, 0) is 31.9 Å². The number of rotatable bonds is 3. The van der Waals surface area contributed by atoms with E-state index in [1.54, 1.807) is 11.3 Å². The first-order valence-corrected chi connectivity index (χ1v) is 8.47. The second-order valence-electron chi connectivity index (χ2n) is 5.17. The van der Waals surface area contributed by atoms with Crippen LogP contribution in [-0.2, 0) is 9.53 Å². The quantitative estimate of drug-likeness (QED) is 0.882. The van der Waals surface area contributed by atoms with Gasteiger partial charge in [0.25, 0.3) is 0 Å². The third-order valence-electron chi connectivity index (χ3n) is 3.55. The lowest BCUT2D eigenvalue weighted by Gasteiger charge is -2.31. The number of carbonyl (C=O) groups is 1. The molecular formula is C14H18ClN3O2S2. The van der Waals surface area contributed by atoms with Gasteiger partial charge in [0.15, 0.2) is 5.13 Å². The van der Waals surface area contributed by atoms with Gasteiger partial charge in [-0.25, -0.2) is 4.98 Å². The van der Waals surface area contributed by atoms with Gasteiger partial charge in [-0.3, -0.25) is 4.79 Å². The zero-order valence-electron chi connectivity index (χ0n) is 12.1. The minimum absolute atomic E-state index is 0. The molecule has 1 aliphatic rings. The number of nitrogens with two attached hydrogens (primary N) is 1. The lowest BCUT2D eigenvalue weighted by Crippen LogP contribution is -2.54. The summed E-state index contributed by atoms with van der Waals surface area (Å²) >= 11 is 3.11. The molecule has 0 aliphatic carbocycles. The van der Waals surface area contributed by atoms with Crippen LogP contribution in [0.1, 0.15) is 17.7 Å². The summed E-state index contributed by atoms with van der Waals surface area (Å²) in [7, 11) is 0. The van der Waals surface area contributed by atoms with Gasteiger partial charge in [-0.2, -0.15) is 0 Å². The van der Waals surface area contributed by atoms with E-state index >= 15 is 0 Å². The van der Waals surface area contributed by atoms with Gasteiger partial charge in [-0.15, -0.1) is 35.1 Å². The summed E-state index contributed by atoms with van der Waals surface area (Å²) in [6.07, 6.45) is 1.09. The summed E-state index contributed by atoms with van der Waals surface area (Å²) in [6, 6.07) is 4.11. The van der Waals surface area contributed by atoms with Crippen molar-refractivity contribution in [3.05, 3.63) is 22.4 Å². The van der Waals surface area contributed by atoms with Crippen LogP contribution in [0.25, 0.3) is 10.6 Å². The molecule has 1 saturated heterocycles. The molecule has 1 aliphatic heterocycles. The number of carbonyl (C=O) groups excluding carboxylic acids is 1. The van der Waals surface area contributed by atoms with Crippen LogP contribution < -0.4 is 11.1 Å². The first-order chi connectivity index (χ1) is 10.1. The molecule has 120 valence electrons. The lowest BCUT2D eigenvalue weighted by molar-refractivity contribution is -0.124. The minimum atomic E-state index is -0.844. The van der Waals surface area contributed by atoms with E-state index in [0.717, 1.165) is 10.6 Å². The Morgan fingerprint density at radius 3 is 2.77 bits per heavy atom. The first kappa shape index (κ1) is 17.4. The third-order valence-corrected chi connectivity index (χ3v) is 5.34. The molecule has 0 saturated carbocycles. The average Bonchev–Trinajstić information content (AvgIpc) is 3.08. The highest BCUT2D eigenvalue weighted by Crippen LogP contribution is 2.31. The first-order valence-electron chi connectivity index (χ1n) is 6.77. The molecular weight excluding hydrogens is 342 g/mol. The van der Waals surface area contributed by atoms with E-state index in [9.17, 15) is 4.79 Å². The van der Waals surface area contributed by atoms with Gasteiger partial charge < -0.3 is 15.8 Å². The van der Waals surface area contributed by atoms with Crippen molar-refractivity contribution in [3.8, 4) is 10.6 Å². The molecule has 8 heteroatoms. The molecule has 0 bridgehead atoms. The average molecular weight is 360 g/mol. The van der Waals surface area contributed by atoms with Crippen LogP contribution in [0, 0.1) is 6.92 Å². The van der Waals surface area contributed by atoms with Crippen LogP contribution in [0.15, 0.2) is 17.5 Å². The second-order valence-corrected chi connectivity index (χ2v) is 7.32. The molecule has 5 nitrogen and oxygen atoms in total. The summed E-state index contributed by atoms with van der Waals surface area (Å²) in [5, 5.41) is 5.39. The Balaban J connectivity index is 0.00000176. The Hall–Kier alpha value is -0.990. The third kappa shape index (κ3) is 3.67. The maximum atomic E-state index is 12.3. The number of halogens is 1. The van der Waals surface area contributed by atoms with E-state index in [-0.39, 0.29) is 18.3 Å². The van der Waals surface area contributed by atoms with E-state index in [1.807, 2.05) is 11.4 Å². The molecule has 2 aromatic heterocycles. The number of hydrogen-bond acceptors (Lipinski definition) is 6. The predicted octanol–water partition coefficient (Wildman–Crippen LogP) is 3.05. The fourth-order valence-corrected chi connectivity index (χ4v) is 3.81. The molecule has 3 rings (SSSR count). The number of anilines is 1. The van der Waals surface area contributed by atoms with E-state index in [0.29, 0.717) is 31.2 Å². The summed E-state index contributed by atoms with van der Waals surface area (Å²) in [6.45, 7) is 3.12. The summed E-state index contributed by atoms with van der Waals surface area (Å²) in [4.78, 5) is 19.1. The zero-order valence-corrected chi connectivity index (χ0v) is 14.6. The minimum Gasteiger partial charge on any atom is -0.381 e. The molecule has 0 spiro atoms. The second kappa shape index (κ2) is 7.06. The molecule has 3 heterocycles. The van der Waals surface area contributed by atoms with Crippen molar-refractivity contribution in [2.24, 2.45) is 5.73 Å². The summed E-state index contributed by atoms with van der Waals surface area (Å²) < 4.78 is 5.26. The number of ether oxygens (including phenoxy) is 1. The number of nitrogens with zero attached hydrogens (tertiary/aromatic N) is 1. The largest absolute Gasteiger partial charge is 0.381 e. The van der Waals surface area contributed by atoms with E-state index in [4.69, 9.17) is 10.5 Å². The molecule has 0 unspecified atom stereocenters. The van der Waals surface area contributed by atoms with Crippen molar-refractivity contribution in [1.82, 2.24) is 4.98 Å². The van der Waals surface area contributed by atoms with Crippen LogP contribution in [0.5, 0.6) is 0 Å². The number of aromatic nitrogens is 1. The van der Waals surface area contributed by atoms with Crippen LogP contribution in [-0.4, -0.2) is 29.6 Å². The Bertz CT molecular complexity index is 650. The topological polar surface area (TPSA) is 77.2 Å². The number of amides is 1. The van der Waals surface area contributed by atoms with Crippen molar-refractivity contribution < 1.29 is 9.53 Å². The van der Waals surface area contributed by atoms with Gasteiger partial charge in [0.2, 0.25) is 5.91 Å². The highest BCUT2D eigenvalue weighted by molar-refractivity contribution is 7.17. The SMILES string of the molecule is Cc1ccc(-c2csc(NC(=O)C3(N)CCOCC3)n2)s1.Cl. The Labute approximate surface area is 143 Å². The summed E-state index contributed by atoms with van der Waals surface area (Å²) in [5.41, 5.74) is 6.21. The van der Waals surface area contributed by atoms with E-state index in [1.165, 1.54) is 16.2 Å². The van der Waals surface area contributed by atoms with Crippen molar-refractivity contribution in [2.45, 2.75) is 25.3 Å². The Kier molecular flexibility index (Phi) is 5.57. The number of thiophene rings is 1. The number of thiazole rings is 1. The molecule has 2 aromatic rings. The Morgan fingerprint density at radius 1 is 1.41 bits per heavy atom. The molecule has 0 aromatic carbocycles. The fraction of sp³-hybridized carbons (Fsp3) is 0.429. The highest BCUT2D eigenvalue weighted by atomic mass is 35.5. The van der Waals surface area contributed by atoms with Crippen molar-refractivity contribution in [3.63, 3.8) is 0 Å². The smallest absolute Gasteiger partial charge is 0.246 e. The maximum Gasteiger partial charge on any atom is 0.246 e. The number of hydrogen-bond donors (Lipinski definition) is 2. The van der Waals surface area contributed by atoms with Crippen LogP contribution >= 0.6 is 35.1 Å². The molecule has 0 atom stereocenters. The van der Waals surface area contributed by atoms with E-state index < -0.39 is 5.54 Å². The molecule has 0 radical (unpaired) electrons. The summed E-state index contributed by atoms with van der Waals surface area (Å²) in [5.74, 6) is -0.172.